The third-order valence-corrected chi connectivity index (χ3v) is 6.76. The number of hydrogen-bond acceptors (Lipinski definition) is 4. The van der Waals surface area contributed by atoms with E-state index in [0.29, 0.717) is 18.1 Å². The maximum Gasteiger partial charge on any atom is 0.161 e. The van der Waals surface area contributed by atoms with Gasteiger partial charge >= 0.3 is 0 Å². The normalized spacial score (nSPS) is 20.5. The minimum absolute atomic E-state index is 0.131. The van der Waals surface area contributed by atoms with E-state index in [2.05, 4.69) is 86.9 Å². The highest BCUT2D eigenvalue weighted by atomic mass is 16.5. The summed E-state index contributed by atoms with van der Waals surface area (Å²) in [6, 6.07) is 15.9. The SMILES string of the molecule is COc1cc(CN2CCN(C(C)(C)C)C(c3ccccc3C(C)C)C2)ccc1OC1CC1. The Morgan fingerprint density at radius 1 is 1.00 bits per heavy atom. The van der Waals surface area contributed by atoms with E-state index in [-0.39, 0.29) is 5.54 Å². The van der Waals surface area contributed by atoms with E-state index >= 15 is 0 Å². The Balaban J connectivity index is 1.55. The van der Waals surface area contributed by atoms with Gasteiger partial charge in [-0.1, -0.05) is 44.2 Å². The third kappa shape index (κ3) is 5.29. The Labute approximate surface area is 194 Å². The van der Waals surface area contributed by atoms with Gasteiger partial charge in [-0.15, -0.1) is 0 Å². The highest BCUT2D eigenvalue weighted by Gasteiger charge is 2.36. The van der Waals surface area contributed by atoms with Crippen LogP contribution in [0.5, 0.6) is 11.5 Å². The molecule has 4 heteroatoms. The number of methoxy groups -OCH3 is 1. The molecule has 0 N–H and O–H groups in total. The van der Waals surface area contributed by atoms with Gasteiger partial charge in [-0.25, -0.2) is 0 Å². The first-order chi connectivity index (χ1) is 15.3. The maximum atomic E-state index is 6.01. The molecule has 1 heterocycles. The molecule has 2 fully saturated rings. The van der Waals surface area contributed by atoms with E-state index in [9.17, 15) is 0 Å². The standard InChI is InChI=1S/C28H40N2O2/c1-20(2)23-9-7-8-10-24(23)25-19-29(15-16-30(25)28(3,4)5)18-21-11-14-26(27(17-21)31-6)32-22-12-13-22/h7-11,14,17,20,22,25H,12-13,15-16,18-19H2,1-6H3. The first-order valence-corrected chi connectivity index (χ1v) is 12.2. The van der Waals surface area contributed by atoms with Crippen LogP contribution in [-0.2, 0) is 6.54 Å². The number of ether oxygens (including phenoxy) is 2. The summed E-state index contributed by atoms with van der Waals surface area (Å²) in [5.74, 6) is 2.25. The Kier molecular flexibility index (Phi) is 6.83. The number of benzene rings is 2. The summed E-state index contributed by atoms with van der Waals surface area (Å²) in [5, 5.41) is 0. The van der Waals surface area contributed by atoms with Crippen molar-refractivity contribution in [2.75, 3.05) is 26.7 Å². The first kappa shape index (κ1) is 23.1. The molecule has 2 aromatic rings. The van der Waals surface area contributed by atoms with Crippen molar-refractivity contribution < 1.29 is 9.47 Å². The van der Waals surface area contributed by atoms with Crippen molar-refractivity contribution in [1.82, 2.24) is 9.80 Å². The van der Waals surface area contributed by atoms with E-state index in [1.54, 1.807) is 7.11 Å². The number of nitrogens with zero attached hydrogens (tertiary/aromatic N) is 2. The van der Waals surface area contributed by atoms with Crippen molar-refractivity contribution in [3.05, 3.63) is 59.2 Å². The van der Waals surface area contributed by atoms with Gasteiger partial charge in [-0.3, -0.25) is 9.80 Å². The van der Waals surface area contributed by atoms with Crippen molar-refractivity contribution in [3.63, 3.8) is 0 Å². The fraction of sp³-hybridized carbons (Fsp3) is 0.571. The largest absolute Gasteiger partial charge is 0.493 e. The summed E-state index contributed by atoms with van der Waals surface area (Å²) in [6.07, 6.45) is 2.69. The summed E-state index contributed by atoms with van der Waals surface area (Å²) in [4.78, 5) is 5.29. The molecule has 4 rings (SSSR count). The Bertz CT molecular complexity index is 914. The monoisotopic (exact) mass is 436 g/mol. The minimum atomic E-state index is 0.131. The molecule has 0 spiro atoms. The van der Waals surface area contributed by atoms with Crippen LogP contribution in [0.3, 0.4) is 0 Å². The lowest BCUT2D eigenvalue weighted by atomic mass is 9.88. The lowest BCUT2D eigenvalue weighted by Gasteiger charge is -2.49. The van der Waals surface area contributed by atoms with E-state index in [4.69, 9.17) is 9.47 Å². The summed E-state index contributed by atoms with van der Waals surface area (Å²) in [7, 11) is 1.74. The molecule has 1 saturated heterocycles. The van der Waals surface area contributed by atoms with Gasteiger partial charge in [0.15, 0.2) is 11.5 Å². The van der Waals surface area contributed by atoms with E-state index in [1.807, 2.05) is 0 Å². The second-order valence-corrected chi connectivity index (χ2v) is 10.7. The maximum absolute atomic E-state index is 6.01. The van der Waals surface area contributed by atoms with Crippen LogP contribution in [0.25, 0.3) is 0 Å². The second-order valence-electron chi connectivity index (χ2n) is 10.7. The molecule has 0 aromatic heterocycles. The van der Waals surface area contributed by atoms with Crippen molar-refractivity contribution in [3.8, 4) is 11.5 Å². The molecule has 0 amide bonds. The molecule has 1 aliphatic heterocycles. The van der Waals surface area contributed by atoms with Crippen molar-refractivity contribution in [2.45, 2.75) is 77.6 Å². The minimum Gasteiger partial charge on any atom is -0.493 e. The molecule has 1 saturated carbocycles. The van der Waals surface area contributed by atoms with Crippen LogP contribution >= 0.6 is 0 Å². The van der Waals surface area contributed by atoms with Crippen LogP contribution in [0.15, 0.2) is 42.5 Å². The summed E-state index contributed by atoms with van der Waals surface area (Å²) >= 11 is 0. The quantitative estimate of drug-likeness (QED) is 0.530. The van der Waals surface area contributed by atoms with Crippen molar-refractivity contribution in [1.29, 1.82) is 0 Å². The Hall–Kier alpha value is -2.04. The zero-order valence-electron chi connectivity index (χ0n) is 20.7. The van der Waals surface area contributed by atoms with Crippen LogP contribution in [-0.4, -0.2) is 48.2 Å². The molecule has 1 atom stereocenters. The number of hydrogen-bond donors (Lipinski definition) is 0. The molecule has 174 valence electrons. The first-order valence-electron chi connectivity index (χ1n) is 12.2. The zero-order chi connectivity index (χ0) is 22.9. The molecular formula is C28H40N2O2. The molecule has 1 unspecified atom stereocenters. The highest BCUT2D eigenvalue weighted by Crippen LogP contribution is 2.37. The molecule has 32 heavy (non-hydrogen) atoms. The predicted molar refractivity (Wildman–Crippen MR) is 132 cm³/mol. The van der Waals surface area contributed by atoms with Gasteiger partial charge < -0.3 is 9.47 Å². The van der Waals surface area contributed by atoms with Gasteiger partial charge in [-0.2, -0.15) is 0 Å². The highest BCUT2D eigenvalue weighted by molar-refractivity contribution is 5.43. The van der Waals surface area contributed by atoms with Gasteiger partial charge in [0.05, 0.1) is 13.2 Å². The predicted octanol–water partition coefficient (Wildman–Crippen LogP) is 6.02. The number of piperazine rings is 1. The molecular weight excluding hydrogens is 396 g/mol. The lowest BCUT2D eigenvalue weighted by molar-refractivity contribution is 0.00553. The Morgan fingerprint density at radius 3 is 2.41 bits per heavy atom. The summed E-state index contributed by atoms with van der Waals surface area (Å²) in [5.41, 5.74) is 4.36. The molecule has 2 aliphatic rings. The smallest absolute Gasteiger partial charge is 0.161 e. The molecule has 1 aliphatic carbocycles. The van der Waals surface area contributed by atoms with Gasteiger partial charge in [0, 0.05) is 37.8 Å². The van der Waals surface area contributed by atoms with Gasteiger partial charge in [0.1, 0.15) is 0 Å². The Morgan fingerprint density at radius 2 is 1.75 bits per heavy atom. The summed E-state index contributed by atoms with van der Waals surface area (Å²) < 4.78 is 11.7. The van der Waals surface area contributed by atoms with Crippen LogP contribution < -0.4 is 9.47 Å². The molecule has 0 radical (unpaired) electrons. The second kappa shape index (κ2) is 9.44. The van der Waals surface area contributed by atoms with Crippen molar-refractivity contribution in [2.24, 2.45) is 0 Å². The van der Waals surface area contributed by atoms with E-state index in [0.717, 1.165) is 50.5 Å². The van der Waals surface area contributed by atoms with Gasteiger partial charge in [-0.05, 0) is 68.4 Å². The average molecular weight is 437 g/mol. The molecule has 2 aromatic carbocycles. The summed E-state index contributed by atoms with van der Waals surface area (Å²) in [6.45, 7) is 15.7. The fourth-order valence-corrected chi connectivity index (χ4v) is 4.92. The van der Waals surface area contributed by atoms with Crippen LogP contribution in [0.2, 0.25) is 0 Å². The number of rotatable bonds is 7. The van der Waals surface area contributed by atoms with Gasteiger partial charge in [0.2, 0.25) is 0 Å². The zero-order valence-corrected chi connectivity index (χ0v) is 20.7. The average Bonchev–Trinajstić information content (AvgIpc) is 3.58. The van der Waals surface area contributed by atoms with E-state index < -0.39 is 0 Å². The topological polar surface area (TPSA) is 24.9 Å². The van der Waals surface area contributed by atoms with E-state index in [1.165, 1.54) is 16.7 Å². The van der Waals surface area contributed by atoms with Gasteiger partial charge in [0.25, 0.3) is 0 Å². The van der Waals surface area contributed by atoms with Crippen LogP contribution in [0.4, 0.5) is 0 Å². The lowest BCUT2D eigenvalue weighted by Crippen LogP contribution is -2.55. The van der Waals surface area contributed by atoms with Crippen LogP contribution in [0, 0.1) is 0 Å². The van der Waals surface area contributed by atoms with Crippen LogP contribution in [0.1, 0.15) is 76.1 Å². The van der Waals surface area contributed by atoms with Crippen molar-refractivity contribution >= 4 is 0 Å². The molecule has 4 nitrogen and oxygen atoms in total. The fourth-order valence-electron chi connectivity index (χ4n) is 4.92. The third-order valence-electron chi connectivity index (χ3n) is 6.76. The molecule has 0 bridgehead atoms.